The van der Waals surface area contributed by atoms with Crippen LogP contribution in [0, 0.1) is 0 Å². The van der Waals surface area contributed by atoms with Gasteiger partial charge in [-0.15, -0.1) is 0 Å². The van der Waals surface area contributed by atoms with E-state index in [0.29, 0.717) is 35.2 Å². The number of benzene rings is 2. The van der Waals surface area contributed by atoms with E-state index in [9.17, 15) is 14.7 Å². The third-order valence-corrected chi connectivity index (χ3v) is 5.98. The lowest BCUT2D eigenvalue weighted by atomic mass is 9.96. The lowest BCUT2D eigenvalue weighted by Crippen LogP contribution is -2.33. The molecule has 5 rings (SSSR count). The Kier molecular flexibility index (Phi) is 5.59. The first kappa shape index (κ1) is 21.5. The number of hydrogen-bond acceptors (Lipinski definition) is 6. The number of pyridine rings is 1. The molecule has 4 aromatic rings. The number of aromatic nitrogens is 1. The topological polar surface area (TPSA) is 92.9 Å². The summed E-state index contributed by atoms with van der Waals surface area (Å²) in [7, 11) is 1.52. The number of furan rings is 1. The molecule has 1 aliphatic heterocycles. The number of methoxy groups -OCH3 is 1. The monoisotopic (exact) mass is 454 g/mol. The van der Waals surface area contributed by atoms with Gasteiger partial charge in [0, 0.05) is 24.3 Å². The van der Waals surface area contributed by atoms with Crippen LogP contribution < -0.4 is 4.74 Å². The molecule has 0 saturated heterocycles. The largest absolute Gasteiger partial charge is 0.503 e. The molecule has 170 valence electrons. The van der Waals surface area contributed by atoms with Gasteiger partial charge < -0.3 is 19.2 Å². The van der Waals surface area contributed by atoms with Crippen LogP contribution in [0.25, 0.3) is 11.0 Å². The van der Waals surface area contributed by atoms with Crippen molar-refractivity contribution in [3.63, 3.8) is 0 Å². The molecule has 34 heavy (non-hydrogen) atoms. The molecule has 0 bridgehead atoms. The van der Waals surface area contributed by atoms with Gasteiger partial charge in [0.1, 0.15) is 0 Å². The average Bonchev–Trinajstić information content (AvgIpc) is 3.43. The van der Waals surface area contributed by atoms with E-state index in [1.54, 1.807) is 48.8 Å². The number of ether oxygens (including phenoxy) is 1. The molecule has 0 unspecified atom stereocenters. The van der Waals surface area contributed by atoms with Crippen molar-refractivity contribution in [2.45, 2.75) is 12.5 Å². The molecule has 2 aromatic heterocycles. The number of ketones is 1. The van der Waals surface area contributed by atoms with Crippen molar-refractivity contribution >= 4 is 22.7 Å². The van der Waals surface area contributed by atoms with Gasteiger partial charge in [0.15, 0.2) is 22.9 Å². The summed E-state index contributed by atoms with van der Waals surface area (Å²) in [6.45, 7) is 0.317. The Hall–Kier alpha value is -4.39. The maximum Gasteiger partial charge on any atom is 0.290 e. The van der Waals surface area contributed by atoms with Crippen molar-refractivity contribution in [1.29, 1.82) is 0 Å². The van der Waals surface area contributed by atoms with E-state index in [1.807, 2.05) is 30.3 Å². The number of nitrogens with zero attached hydrogens (tertiary/aromatic N) is 2. The summed E-state index contributed by atoms with van der Waals surface area (Å²) in [6.07, 6.45) is 3.78. The standard InChI is InChI=1S/C27H22N2O5/c1-33-20-11-5-9-18-15-21(34-26(18)20)24(30)22-23(19-10-6-13-28-16-19)29(27(32)25(22)31)14-12-17-7-3-2-4-8-17/h2-11,13,15-16,23,31H,12,14H2,1H3/t23-/m1/s1. The smallest absolute Gasteiger partial charge is 0.290 e. The number of aliphatic hydroxyl groups is 1. The van der Waals surface area contributed by atoms with E-state index >= 15 is 0 Å². The lowest BCUT2D eigenvalue weighted by molar-refractivity contribution is -0.129. The van der Waals surface area contributed by atoms with Gasteiger partial charge in [0.25, 0.3) is 5.91 Å². The van der Waals surface area contributed by atoms with Crippen LogP contribution in [0.2, 0.25) is 0 Å². The molecule has 1 aliphatic rings. The summed E-state index contributed by atoms with van der Waals surface area (Å²) in [5, 5.41) is 11.5. The summed E-state index contributed by atoms with van der Waals surface area (Å²) < 4.78 is 11.2. The van der Waals surface area contributed by atoms with Gasteiger partial charge in [-0.25, -0.2) is 0 Å². The van der Waals surface area contributed by atoms with Gasteiger partial charge in [0.05, 0.1) is 18.7 Å². The van der Waals surface area contributed by atoms with E-state index in [-0.39, 0.29) is 11.3 Å². The third kappa shape index (κ3) is 3.71. The van der Waals surface area contributed by atoms with Crippen LogP contribution in [0.5, 0.6) is 5.75 Å². The quantitative estimate of drug-likeness (QED) is 0.409. The normalized spacial score (nSPS) is 15.9. The predicted octanol–water partition coefficient (Wildman–Crippen LogP) is 4.66. The number of Topliss-reactive ketones (excluding diaryl/α,β-unsaturated/α-hetero) is 1. The van der Waals surface area contributed by atoms with Gasteiger partial charge in [-0.05, 0) is 35.7 Å². The van der Waals surface area contributed by atoms with Crippen molar-refractivity contribution in [2.75, 3.05) is 13.7 Å². The van der Waals surface area contributed by atoms with E-state index < -0.39 is 23.5 Å². The summed E-state index contributed by atoms with van der Waals surface area (Å²) in [6, 6.07) is 19.4. The van der Waals surface area contributed by atoms with Crippen LogP contribution in [-0.4, -0.2) is 40.3 Å². The highest BCUT2D eigenvalue weighted by atomic mass is 16.5. The molecule has 0 saturated carbocycles. The minimum absolute atomic E-state index is 0.0210. The zero-order valence-corrected chi connectivity index (χ0v) is 18.5. The molecule has 2 aromatic carbocycles. The molecule has 3 heterocycles. The van der Waals surface area contributed by atoms with Gasteiger partial charge >= 0.3 is 0 Å². The maximum absolute atomic E-state index is 13.6. The number of carbonyl (C=O) groups is 2. The number of carbonyl (C=O) groups excluding carboxylic acids is 2. The maximum atomic E-state index is 13.6. The molecule has 7 nitrogen and oxygen atoms in total. The summed E-state index contributed by atoms with van der Waals surface area (Å²) in [5.41, 5.74) is 2.08. The second-order valence-electron chi connectivity index (χ2n) is 8.00. The highest BCUT2D eigenvalue weighted by Gasteiger charge is 2.44. The Morgan fingerprint density at radius 2 is 1.94 bits per heavy atom. The first-order chi connectivity index (χ1) is 16.6. The Morgan fingerprint density at radius 3 is 2.68 bits per heavy atom. The Bertz CT molecular complexity index is 1390. The highest BCUT2D eigenvalue weighted by molar-refractivity contribution is 6.16. The SMILES string of the molecule is COc1cccc2cc(C(=O)C3=C(O)C(=O)N(CCc4ccccc4)[C@@H]3c3cccnc3)oc12. The Balaban J connectivity index is 1.54. The molecule has 0 fully saturated rings. The van der Waals surface area contributed by atoms with E-state index in [4.69, 9.17) is 9.15 Å². The fraction of sp³-hybridized carbons (Fsp3) is 0.148. The number of fused-ring (bicyclic) bond motifs is 1. The van der Waals surface area contributed by atoms with Crippen LogP contribution in [-0.2, 0) is 11.2 Å². The van der Waals surface area contributed by atoms with Crippen LogP contribution in [0.4, 0.5) is 0 Å². The highest BCUT2D eigenvalue weighted by Crippen LogP contribution is 2.40. The van der Waals surface area contributed by atoms with Gasteiger partial charge in [0.2, 0.25) is 5.78 Å². The second kappa shape index (κ2) is 8.86. The zero-order chi connectivity index (χ0) is 23.7. The molecular formula is C27H22N2O5. The van der Waals surface area contributed by atoms with Crippen molar-refractivity contribution < 1.29 is 23.8 Å². The van der Waals surface area contributed by atoms with Crippen molar-refractivity contribution in [3.05, 3.63) is 107 Å². The van der Waals surface area contributed by atoms with Crippen LogP contribution in [0.3, 0.4) is 0 Å². The minimum Gasteiger partial charge on any atom is -0.503 e. The molecule has 1 atom stereocenters. The zero-order valence-electron chi connectivity index (χ0n) is 18.5. The number of amides is 1. The van der Waals surface area contributed by atoms with E-state index in [1.165, 1.54) is 12.0 Å². The molecule has 0 spiro atoms. The molecule has 7 heteroatoms. The minimum atomic E-state index is -0.785. The first-order valence-corrected chi connectivity index (χ1v) is 10.9. The second-order valence-corrected chi connectivity index (χ2v) is 8.00. The Morgan fingerprint density at radius 1 is 1.12 bits per heavy atom. The van der Waals surface area contributed by atoms with Crippen molar-refractivity contribution in [2.24, 2.45) is 0 Å². The van der Waals surface area contributed by atoms with E-state index in [2.05, 4.69) is 4.98 Å². The molecule has 1 amide bonds. The molecule has 0 aliphatic carbocycles. The summed E-state index contributed by atoms with van der Waals surface area (Å²) in [4.78, 5) is 32.4. The molecule has 1 N–H and O–H groups in total. The predicted molar refractivity (Wildman–Crippen MR) is 126 cm³/mol. The number of rotatable bonds is 7. The molecular weight excluding hydrogens is 432 g/mol. The number of para-hydroxylation sites is 1. The fourth-order valence-corrected chi connectivity index (χ4v) is 4.34. The summed E-state index contributed by atoms with van der Waals surface area (Å²) >= 11 is 0. The van der Waals surface area contributed by atoms with Crippen molar-refractivity contribution in [3.8, 4) is 5.75 Å². The van der Waals surface area contributed by atoms with E-state index in [0.717, 1.165) is 5.56 Å². The number of hydrogen-bond donors (Lipinski definition) is 1. The third-order valence-electron chi connectivity index (χ3n) is 5.98. The van der Waals surface area contributed by atoms with Crippen LogP contribution in [0.1, 0.15) is 27.7 Å². The van der Waals surface area contributed by atoms with Crippen molar-refractivity contribution in [1.82, 2.24) is 9.88 Å². The lowest BCUT2D eigenvalue weighted by Gasteiger charge is -2.26. The van der Waals surface area contributed by atoms with Gasteiger partial charge in [-0.1, -0.05) is 48.5 Å². The fourth-order valence-electron chi connectivity index (χ4n) is 4.34. The molecule has 0 radical (unpaired) electrons. The van der Waals surface area contributed by atoms with Crippen LogP contribution >= 0.6 is 0 Å². The van der Waals surface area contributed by atoms with Crippen LogP contribution in [0.15, 0.2) is 94.9 Å². The summed E-state index contributed by atoms with van der Waals surface area (Å²) in [5.74, 6) is -1.21. The first-order valence-electron chi connectivity index (χ1n) is 10.9. The number of aliphatic hydroxyl groups excluding tert-OH is 1. The average molecular weight is 454 g/mol. The van der Waals surface area contributed by atoms with Gasteiger partial charge in [-0.3, -0.25) is 14.6 Å². The Labute approximate surface area is 195 Å². The van der Waals surface area contributed by atoms with Gasteiger partial charge in [-0.2, -0.15) is 0 Å².